The van der Waals surface area contributed by atoms with Gasteiger partial charge in [-0.3, -0.25) is 9.63 Å². The van der Waals surface area contributed by atoms with Crippen LogP contribution in [0, 0.1) is 0 Å². The van der Waals surface area contributed by atoms with Crippen LogP contribution < -0.4 is 5.48 Å². The van der Waals surface area contributed by atoms with E-state index in [4.69, 9.17) is 4.79 Å². The van der Waals surface area contributed by atoms with Crippen molar-refractivity contribution < 1.29 is 9.63 Å². The Labute approximate surface area is 29.9 Å². The summed E-state index contributed by atoms with van der Waals surface area (Å²) in [7, 11) is 1.37. The van der Waals surface area contributed by atoms with Gasteiger partial charge in [0.15, 0.2) is 0 Å². The molecule has 0 atom stereocenters. The summed E-state index contributed by atoms with van der Waals surface area (Å²) >= 11 is 0. The van der Waals surface area contributed by atoms with Crippen LogP contribution in [-0.2, 0) is 9.63 Å². The van der Waals surface area contributed by atoms with Gasteiger partial charge in [0.25, 0.3) is 0 Å². The Morgan fingerprint density at radius 2 is 2.60 bits per heavy atom. The molecule has 0 aliphatic carbocycles. The van der Waals surface area contributed by atoms with E-state index in [0.29, 0.717) is 6.41 Å². The predicted molar refractivity (Wildman–Crippen MR) is 16.2 cm³/mol. The largest absolute Gasteiger partial charge is 0.277 e. The normalized spacial score (nSPS) is 6.60. The van der Waals surface area contributed by atoms with Crippen molar-refractivity contribution in [2.75, 3.05) is 7.11 Å². The molecule has 3 heteroatoms. The zero-order valence-electron chi connectivity index (χ0n) is 2.89. The molecule has 1 amide bonds. The van der Waals surface area contributed by atoms with E-state index in [-0.39, 0.29) is 0 Å². The van der Waals surface area contributed by atoms with Gasteiger partial charge >= 0.3 is 0 Å². The number of carbonyl (C=O) groups excluding carboxylic acids is 1. The van der Waals surface area contributed by atoms with Crippen LogP contribution >= 0.6 is 0 Å². The van der Waals surface area contributed by atoms with Gasteiger partial charge in [0.1, 0.15) is 0 Å². The highest BCUT2D eigenvalue weighted by atomic mass is 16.6. The van der Waals surface area contributed by atoms with Gasteiger partial charge in [-0.1, -0.05) is 0 Å². The summed E-state index contributed by atoms with van der Waals surface area (Å²) in [4.78, 5) is 13.2. The van der Waals surface area contributed by atoms with E-state index < -0.39 is 0 Å². The molecule has 1 N–H and O–H groups in total. The standard InChI is InChI=1S/C2H5NO2/c1-5-3-2-4/h2H,1H3,(H,3,4). The molecular weight excluding hydrogens is 70.0 g/mol. The van der Waals surface area contributed by atoms with Crippen LogP contribution in [0.25, 0.3) is 0 Å². The number of amides is 1. The molecule has 0 aromatic heterocycles. The SMILES string of the molecule is CONC=O. The fraction of sp³-hybridized carbons (Fsp3) is 0.500. The molecule has 0 heterocycles. The quantitative estimate of drug-likeness (QED) is 0.348. The Bertz CT molecular complexity index is 28.8. The summed E-state index contributed by atoms with van der Waals surface area (Å²) in [6.07, 6.45) is 0.458. The molecule has 30 valence electrons. The maximum Gasteiger partial charge on any atom is 0.230 e. The van der Waals surface area contributed by atoms with Crippen LogP contribution in [0.1, 0.15) is 0 Å². The molecule has 0 aromatic carbocycles. The van der Waals surface area contributed by atoms with Crippen molar-refractivity contribution in [2.45, 2.75) is 0 Å². The smallest absolute Gasteiger partial charge is 0.230 e. The summed E-state index contributed by atoms with van der Waals surface area (Å²) in [6, 6.07) is 0. The first-order valence-electron chi connectivity index (χ1n) is 1.14. The highest BCUT2D eigenvalue weighted by Gasteiger charge is 1.56. The first kappa shape index (κ1) is 4.43. The molecule has 0 fully saturated rings. The Balaban J connectivity index is 2.40. The second kappa shape index (κ2) is 3.43. The number of hydrogen-bond acceptors (Lipinski definition) is 2. The third kappa shape index (κ3) is 3.43. The number of carbonyl (C=O) groups is 1. The van der Waals surface area contributed by atoms with Gasteiger partial charge in [0.05, 0.1) is 7.11 Å². The predicted octanol–water partition coefficient (Wildman–Crippen LogP) is -0.706. The molecule has 0 saturated heterocycles. The highest BCUT2D eigenvalue weighted by molar-refractivity contribution is 5.43. The van der Waals surface area contributed by atoms with Crippen LogP contribution in [0.2, 0.25) is 0 Å². The number of nitrogens with one attached hydrogen (secondary N) is 1. The average molecular weight is 75.1 g/mol. The van der Waals surface area contributed by atoms with Crippen molar-refractivity contribution in [3.63, 3.8) is 0 Å². The van der Waals surface area contributed by atoms with Crippen LogP contribution in [0.3, 0.4) is 0 Å². The lowest BCUT2D eigenvalue weighted by Crippen LogP contribution is -2.06. The molecule has 0 bridgehead atoms. The lowest BCUT2D eigenvalue weighted by molar-refractivity contribution is -0.118. The van der Waals surface area contributed by atoms with Gasteiger partial charge in [0.2, 0.25) is 6.41 Å². The number of hydroxylamine groups is 1. The molecule has 0 spiro atoms. The number of rotatable bonds is 2. The van der Waals surface area contributed by atoms with E-state index in [0.717, 1.165) is 0 Å². The van der Waals surface area contributed by atoms with Crippen molar-refractivity contribution >= 4 is 6.41 Å². The molecule has 0 aromatic rings. The van der Waals surface area contributed by atoms with Gasteiger partial charge in [-0.15, -0.1) is 0 Å². The Morgan fingerprint density at radius 1 is 2.00 bits per heavy atom. The molecule has 0 unspecified atom stereocenters. The molecular formula is C2H5NO2. The third-order valence-electron chi connectivity index (χ3n) is 0.166. The molecule has 3 nitrogen and oxygen atoms in total. The van der Waals surface area contributed by atoms with E-state index in [1.165, 1.54) is 7.11 Å². The minimum absolute atomic E-state index is 0.458. The molecule has 0 aliphatic rings. The van der Waals surface area contributed by atoms with Gasteiger partial charge in [0, 0.05) is 0 Å². The molecule has 0 rings (SSSR count). The first-order valence-corrected chi connectivity index (χ1v) is 1.14. The Morgan fingerprint density at radius 3 is 2.60 bits per heavy atom. The lowest BCUT2D eigenvalue weighted by Gasteiger charge is -1.81. The summed E-state index contributed by atoms with van der Waals surface area (Å²) < 4.78 is 0. The Kier molecular flexibility index (Phi) is 3.04. The van der Waals surface area contributed by atoms with Gasteiger partial charge in [-0.2, -0.15) is 0 Å². The van der Waals surface area contributed by atoms with Crippen molar-refractivity contribution in [1.82, 2.24) is 5.48 Å². The second-order valence-electron chi connectivity index (χ2n) is 0.440. The topological polar surface area (TPSA) is 38.3 Å². The second-order valence-corrected chi connectivity index (χ2v) is 0.440. The molecule has 0 aliphatic heterocycles. The van der Waals surface area contributed by atoms with Crippen LogP contribution in [0.4, 0.5) is 0 Å². The zero-order valence-corrected chi connectivity index (χ0v) is 2.89. The van der Waals surface area contributed by atoms with E-state index >= 15 is 0 Å². The summed E-state index contributed by atoms with van der Waals surface area (Å²) in [6.45, 7) is 0. The minimum atomic E-state index is 0.458. The van der Waals surface area contributed by atoms with Crippen LogP contribution in [0.5, 0.6) is 0 Å². The van der Waals surface area contributed by atoms with E-state index in [1.54, 1.807) is 0 Å². The van der Waals surface area contributed by atoms with Gasteiger partial charge in [-0.05, 0) is 0 Å². The monoisotopic (exact) mass is 75.0 g/mol. The summed E-state index contributed by atoms with van der Waals surface area (Å²) in [5.74, 6) is 0. The van der Waals surface area contributed by atoms with Crippen molar-refractivity contribution in [3.05, 3.63) is 0 Å². The Hall–Kier alpha value is -0.570. The van der Waals surface area contributed by atoms with Gasteiger partial charge in [-0.25, -0.2) is 5.48 Å². The fourth-order valence-corrected chi connectivity index (χ4v) is 0.0481. The van der Waals surface area contributed by atoms with Crippen molar-refractivity contribution in [2.24, 2.45) is 0 Å². The van der Waals surface area contributed by atoms with Crippen molar-refractivity contribution in [3.8, 4) is 0 Å². The third-order valence-corrected chi connectivity index (χ3v) is 0.166. The highest BCUT2D eigenvalue weighted by Crippen LogP contribution is 1.35. The lowest BCUT2D eigenvalue weighted by atomic mass is 11.4. The fourth-order valence-electron chi connectivity index (χ4n) is 0.0481. The maximum atomic E-state index is 9.17. The summed E-state index contributed by atoms with van der Waals surface area (Å²) in [5, 5.41) is 0. The van der Waals surface area contributed by atoms with Gasteiger partial charge < -0.3 is 0 Å². The van der Waals surface area contributed by atoms with E-state index in [2.05, 4.69) is 4.84 Å². The molecule has 5 heavy (non-hydrogen) atoms. The minimum Gasteiger partial charge on any atom is -0.277 e. The van der Waals surface area contributed by atoms with E-state index in [1.807, 2.05) is 5.48 Å². The molecule has 0 radical (unpaired) electrons. The average Bonchev–Trinajstić information content (AvgIpc) is 1.41. The first-order chi connectivity index (χ1) is 2.41. The van der Waals surface area contributed by atoms with E-state index in [9.17, 15) is 0 Å². The molecule has 0 saturated carbocycles. The van der Waals surface area contributed by atoms with Crippen LogP contribution in [-0.4, -0.2) is 13.5 Å². The number of hydrogen-bond donors (Lipinski definition) is 1. The zero-order chi connectivity index (χ0) is 4.12. The summed E-state index contributed by atoms with van der Waals surface area (Å²) in [5.41, 5.74) is 1.93. The maximum absolute atomic E-state index is 9.17. The van der Waals surface area contributed by atoms with Crippen LogP contribution in [0.15, 0.2) is 0 Å². The van der Waals surface area contributed by atoms with Crippen molar-refractivity contribution in [1.29, 1.82) is 0 Å².